The Balaban J connectivity index is 2.16. The molecule has 0 atom stereocenters. The molecule has 0 radical (unpaired) electrons. The number of nitrogens with zero attached hydrogens (tertiary/aromatic N) is 3. The largest absolute Gasteiger partial charge is 0.480 e. The Bertz CT molecular complexity index is 607. The summed E-state index contributed by atoms with van der Waals surface area (Å²) in [6.07, 6.45) is 0. The maximum atomic E-state index is 13.0. The van der Waals surface area contributed by atoms with Crippen molar-refractivity contribution in [2.75, 3.05) is 0 Å². The monoisotopic (exact) mass is 283 g/mol. The molecule has 0 amide bonds. The van der Waals surface area contributed by atoms with Crippen LogP contribution in [-0.2, 0) is 6.61 Å². The average Bonchev–Trinajstić information content (AvgIpc) is 2.38. The first-order valence-corrected chi connectivity index (χ1v) is 5.49. The predicted molar refractivity (Wildman–Crippen MR) is 64.4 cm³/mol. The molecular formula is C11H7ClFN3O3. The lowest BCUT2D eigenvalue weighted by atomic mass is 10.3. The molecule has 0 aliphatic carbocycles. The number of aromatic nitrogens is 2. The minimum atomic E-state index is -0.650. The van der Waals surface area contributed by atoms with Crippen molar-refractivity contribution in [2.45, 2.75) is 6.61 Å². The van der Waals surface area contributed by atoms with Crippen molar-refractivity contribution < 1.29 is 14.1 Å². The Labute approximate surface area is 111 Å². The maximum absolute atomic E-state index is 13.0. The van der Waals surface area contributed by atoms with Crippen molar-refractivity contribution in [3.8, 4) is 5.75 Å². The Morgan fingerprint density at radius 1 is 1.32 bits per heavy atom. The molecule has 98 valence electrons. The van der Waals surface area contributed by atoms with Gasteiger partial charge in [0.1, 0.15) is 18.1 Å². The van der Waals surface area contributed by atoms with Gasteiger partial charge in [0.05, 0.1) is 4.92 Å². The van der Waals surface area contributed by atoms with Gasteiger partial charge in [0.2, 0.25) is 0 Å². The van der Waals surface area contributed by atoms with Gasteiger partial charge < -0.3 is 4.74 Å². The lowest BCUT2D eigenvalue weighted by Crippen LogP contribution is -2.02. The first-order chi connectivity index (χ1) is 9.06. The topological polar surface area (TPSA) is 78.2 Å². The van der Waals surface area contributed by atoms with Gasteiger partial charge >= 0.3 is 5.69 Å². The van der Waals surface area contributed by atoms with Crippen LogP contribution in [0.15, 0.2) is 30.3 Å². The summed E-state index contributed by atoms with van der Waals surface area (Å²) >= 11 is 5.56. The van der Waals surface area contributed by atoms with Gasteiger partial charge in [0.25, 0.3) is 0 Å². The molecule has 1 aromatic heterocycles. The number of ether oxygens (including phenoxy) is 1. The first kappa shape index (κ1) is 13.2. The second-order valence-corrected chi connectivity index (χ2v) is 3.89. The highest BCUT2D eigenvalue weighted by atomic mass is 35.5. The van der Waals surface area contributed by atoms with E-state index in [2.05, 4.69) is 10.2 Å². The van der Waals surface area contributed by atoms with Crippen LogP contribution in [0, 0.1) is 15.9 Å². The molecule has 1 heterocycles. The maximum Gasteiger partial charge on any atom is 0.311 e. The summed E-state index contributed by atoms with van der Waals surface area (Å²) in [6, 6.07) is 6.04. The van der Waals surface area contributed by atoms with Gasteiger partial charge in [-0.1, -0.05) is 11.6 Å². The number of rotatable bonds is 4. The Hall–Kier alpha value is -2.28. The molecular weight excluding hydrogens is 277 g/mol. The Kier molecular flexibility index (Phi) is 3.86. The van der Waals surface area contributed by atoms with Crippen LogP contribution in [0.3, 0.4) is 0 Å². The summed E-state index contributed by atoms with van der Waals surface area (Å²) in [7, 11) is 0. The molecule has 1 aromatic carbocycles. The molecule has 0 spiro atoms. The zero-order chi connectivity index (χ0) is 13.8. The fourth-order valence-corrected chi connectivity index (χ4v) is 1.43. The zero-order valence-electron chi connectivity index (χ0n) is 9.42. The minimum Gasteiger partial charge on any atom is -0.480 e. The van der Waals surface area contributed by atoms with E-state index in [1.165, 1.54) is 6.07 Å². The fraction of sp³-hybridized carbons (Fsp3) is 0.0909. The number of nitro benzene ring substituents is 1. The van der Waals surface area contributed by atoms with Crippen molar-refractivity contribution in [1.82, 2.24) is 10.2 Å². The van der Waals surface area contributed by atoms with Gasteiger partial charge in [-0.2, -0.15) is 5.10 Å². The van der Waals surface area contributed by atoms with Crippen LogP contribution in [-0.4, -0.2) is 15.1 Å². The third-order valence-corrected chi connectivity index (χ3v) is 2.38. The van der Waals surface area contributed by atoms with Gasteiger partial charge in [0.15, 0.2) is 10.9 Å². The zero-order valence-corrected chi connectivity index (χ0v) is 10.2. The number of hydrogen-bond acceptors (Lipinski definition) is 5. The van der Waals surface area contributed by atoms with Crippen molar-refractivity contribution in [2.24, 2.45) is 0 Å². The van der Waals surface area contributed by atoms with Crippen LogP contribution in [0.4, 0.5) is 10.1 Å². The summed E-state index contributed by atoms with van der Waals surface area (Å²) in [5, 5.41) is 18.3. The SMILES string of the molecule is O=[N+]([O-])c1ccc(F)cc1OCc1ccc(Cl)nn1. The van der Waals surface area contributed by atoms with Crippen LogP contribution in [0.1, 0.15) is 5.69 Å². The molecule has 2 rings (SSSR count). The molecule has 0 unspecified atom stereocenters. The number of halogens is 2. The smallest absolute Gasteiger partial charge is 0.311 e. The summed E-state index contributed by atoms with van der Waals surface area (Å²) in [4.78, 5) is 10.1. The number of nitro groups is 1. The second kappa shape index (κ2) is 5.57. The molecule has 8 heteroatoms. The van der Waals surface area contributed by atoms with Gasteiger partial charge in [0, 0.05) is 12.1 Å². The third kappa shape index (κ3) is 3.35. The van der Waals surface area contributed by atoms with Crippen molar-refractivity contribution in [3.63, 3.8) is 0 Å². The standard InChI is InChI=1S/C11H7ClFN3O3/c12-11-4-2-8(14-15-11)6-19-10-5-7(13)1-3-9(10)16(17)18/h1-5H,6H2. The van der Waals surface area contributed by atoms with Crippen molar-refractivity contribution in [3.05, 3.63) is 57.1 Å². The quantitative estimate of drug-likeness (QED) is 0.637. The lowest BCUT2D eigenvalue weighted by Gasteiger charge is -2.06. The van der Waals surface area contributed by atoms with Crippen LogP contribution in [0.5, 0.6) is 5.75 Å². The Morgan fingerprint density at radius 3 is 2.74 bits per heavy atom. The molecule has 0 saturated heterocycles. The van der Waals surface area contributed by atoms with E-state index >= 15 is 0 Å². The van der Waals surface area contributed by atoms with E-state index in [-0.39, 0.29) is 23.2 Å². The number of hydrogen-bond donors (Lipinski definition) is 0. The van der Waals surface area contributed by atoms with E-state index < -0.39 is 10.7 Å². The molecule has 2 aromatic rings. The van der Waals surface area contributed by atoms with Crippen LogP contribution < -0.4 is 4.74 Å². The highest BCUT2D eigenvalue weighted by Gasteiger charge is 2.16. The molecule has 0 aliphatic heterocycles. The van der Waals surface area contributed by atoms with E-state index in [0.717, 1.165) is 18.2 Å². The summed E-state index contributed by atoms with van der Waals surface area (Å²) in [5.41, 5.74) is 0.103. The predicted octanol–water partition coefficient (Wildman–Crippen LogP) is 2.76. The highest BCUT2D eigenvalue weighted by molar-refractivity contribution is 6.29. The van der Waals surface area contributed by atoms with E-state index in [4.69, 9.17) is 16.3 Å². The molecule has 19 heavy (non-hydrogen) atoms. The van der Waals surface area contributed by atoms with E-state index in [1.807, 2.05) is 0 Å². The highest BCUT2D eigenvalue weighted by Crippen LogP contribution is 2.28. The third-order valence-electron chi connectivity index (χ3n) is 2.18. The first-order valence-electron chi connectivity index (χ1n) is 5.11. The molecule has 0 aliphatic rings. The lowest BCUT2D eigenvalue weighted by molar-refractivity contribution is -0.386. The van der Waals surface area contributed by atoms with Gasteiger partial charge in [-0.25, -0.2) is 4.39 Å². The van der Waals surface area contributed by atoms with Crippen LogP contribution in [0.25, 0.3) is 0 Å². The molecule has 0 bridgehead atoms. The summed E-state index contributed by atoms with van der Waals surface area (Å²) < 4.78 is 18.2. The van der Waals surface area contributed by atoms with Gasteiger partial charge in [-0.3, -0.25) is 10.1 Å². The van der Waals surface area contributed by atoms with Crippen LogP contribution >= 0.6 is 11.6 Å². The van der Waals surface area contributed by atoms with E-state index in [1.54, 1.807) is 6.07 Å². The molecule has 6 nitrogen and oxygen atoms in total. The van der Waals surface area contributed by atoms with Crippen LogP contribution in [0.2, 0.25) is 5.15 Å². The normalized spacial score (nSPS) is 10.2. The minimum absolute atomic E-state index is 0.0749. The molecule has 0 saturated carbocycles. The molecule has 0 N–H and O–H groups in total. The van der Waals surface area contributed by atoms with E-state index in [0.29, 0.717) is 5.69 Å². The van der Waals surface area contributed by atoms with Crippen molar-refractivity contribution in [1.29, 1.82) is 0 Å². The van der Waals surface area contributed by atoms with Gasteiger partial charge in [-0.15, -0.1) is 5.10 Å². The summed E-state index contributed by atoms with van der Waals surface area (Å²) in [6.45, 7) is -0.0749. The fourth-order valence-electron chi connectivity index (χ4n) is 1.33. The Morgan fingerprint density at radius 2 is 2.11 bits per heavy atom. The molecule has 0 fully saturated rings. The van der Waals surface area contributed by atoms with Gasteiger partial charge in [-0.05, 0) is 18.2 Å². The second-order valence-electron chi connectivity index (χ2n) is 3.51. The van der Waals surface area contributed by atoms with Crippen molar-refractivity contribution >= 4 is 17.3 Å². The van der Waals surface area contributed by atoms with E-state index in [9.17, 15) is 14.5 Å². The average molecular weight is 284 g/mol. The number of benzene rings is 1. The summed E-state index contributed by atoms with van der Waals surface area (Å²) in [5.74, 6) is -0.787.